The Labute approximate surface area is 182 Å². The molecule has 164 valence electrons. The summed E-state index contributed by atoms with van der Waals surface area (Å²) in [4.78, 5) is 11.1. The van der Waals surface area contributed by atoms with Crippen molar-refractivity contribution in [2.24, 2.45) is 5.14 Å². The normalized spacial score (nSPS) is 12.1. The number of hydrogen-bond donors (Lipinski definition) is 2. The van der Waals surface area contributed by atoms with Crippen LogP contribution in [0.2, 0.25) is 0 Å². The van der Waals surface area contributed by atoms with Crippen LogP contribution in [0.4, 0.5) is 4.39 Å². The van der Waals surface area contributed by atoms with Gasteiger partial charge in [0.2, 0.25) is 10.0 Å². The molecule has 0 fully saturated rings. The van der Waals surface area contributed by atoms with Crippen molar-refractivity contribution in [2.45, 2.75) is 9.79 Å². The Morgan fingerprint density at radius 3 is 2.19 bits per heavy atom. The fourth-order valence-electron chi connectivity index (χ4n) is 3.11. The highest BCUT2D eigenvalue weighted by Crippen LogP contribution is 2.30. The summed E-state index contributed by atoms with van der Waals surface area (Å²) < 4.78 is 70.6. The van der Waals surface area contributed by atoms with Gasteiger partial charge in [-0.3, -0.25) is 4.79 Å². The number of fused-ring (bicyclic) bond motifs is 1. The van der Waals surface area contributed by atoms with Crippen molar-refractivity contribution in [2.75, 3.05) is 0 Å². The maximum atomic E-state index is 14.7. The highest BCUT2D eigenvalue weighted by molar-refractivity contribution is 7.92. The second-order valence-electron chi connectivity index (χ2n) is 6.77. The van der Waals surface area contributed by atoms with E-state index in [9.17, 15) is 26.0 Å². The minimum Gasteiger partial charge on any atom is -0.456 e. The van der Waals surface area contributed by atoms with Gasteiger partial charge in [-0.05, 0) is 42.5 Å². The van der Waals surface area contributed by atoms with Gasteiger partial charge in [0.15, 0.2) is 0 Å². The minimum absolute atomic E-state index is 0.0835. The molecule has 32 heavy (non-hydrogen) atoms. The summed E-state index contributed by atoms with van der Waals surface area (Å²) in [6.07, 6.45) is 0. The van der Waals surface area contributed by atoms with Crippen LogP contribution < -0.4 is 9.86 Å². The molecule has 1 amide bonds. The summed E-state index contributed by atoms with van der Waals surface area (Å²) in [6.45, 7) is 0. The predicted octanol–water partition coefficient (Wildman–Crippen LogP) is 3.01. The topological polar surface area (TPSA) is 137 Å². The third-order valence-corrected chi connectivity index (χ3v) is 7.08. The highest BCUT2D eigenvalue weighted by Gasteiger charge is 2.26. The summed E-state index contributed by atoms with van der Waals surface area (Å²) in [6, 6.07) is 16.7. The average Bonchev–Trinajstić information content (AvgIpc) is 3.16. The molecule has 0 radical (unpaired) electrons. The summed E-state index contributed by atoms with van der Waals surface area (Å²) in [5, 5.41) is 5.82. The number of sulfonamides is 2. The maximum Gasteiger partial charge on any atom is 0.265 e. The molecule has 11 heteroatoms. The summed E-state index contributed by atoms with van der Waals surface area (Å²) in [7, 11) is -8.99. The summed E-state index contributed by atoms with van der Waals surface area (Å²) in [5.74, 6) is -1.71. The molecule has 0 aliphatic carbocycles. The number of nitrogens with one attached hydrogen (secondary N) is 1. The lowest BCUT2D eigenvalue weighted by molar-refractivity contribution is 0.0981. The number of rotatable bonds is 5. The SMILES string of the molecule is NS(=O)(=O)c1ccccc1S(=O)(=O)NC(=O)c1ccc(-c2cc3ccccc3o2)c(F)c1. The molecular weight excluding hydrogens is 459 g/mol. The number of carbonyl (C=O) groups is 1. The van der Waals surface area contributed by atoms with Crippen molar-refractivity contribution in [3.05, 3.63) is 84.2 Å². The van der Waals surface area contributed by atoms with Crippen LogP contribution in [0.3, 0.4) is 0 Å². The quantitative estimate of drug-likeness (QED) is 0.456. The average molecular weight is 474 g/mol. The first-order valence-electron chi connectivity index (χ1n) is 9.04. The van der Waals surface area contributed by atoms with E-state index in [0.29, 0.717) is 5.58 Å². The van der Waals surface area contributed by atoms with Gasteiger partial charge in [0, 0.05) is 10.9 Å². The van der Waals surface area contributed by atoms with Crippen molar-refractivity contribution in [1.82, 2.24) is 4.72 Å². The van der Waals surface area contributed by atoms with Gasteiger partial charge in [0.05, 0.1) is 5.56 Å². The van der Waals surface area contributed by atoms with E-state index in [1.807, 2.05) is 0 Å². The lowest BCUT2D eigenvalue weighted by Gasteiger charge is -2.10. The number of furan rings is 1. The third-order valence-electron chi connectivity index (χ3n) is 4.59. The van der Waals surface area contributed by atoms with Gasteiger partial charge >= 0.3 is 0 Å². The van der Waals surface area contributed by atoms with Crippen LogP contribution in [0.1, 0.15) is 10.4 Å². The number of hydrogen-bond acceptors (Lipinski definition) is 6. The van der Waals surface area contributed by atoms with Gasteiger partial charge in [-0.15, -0.1) is 0 Å². The van der Waals surface area contributed by atoms with Gasteiger partial charge in [-0.1, -0.05) is 30.3 Å². The molecule has 0 bridgehead atoms. The molecule has 0 aliphatic rings. The largest absolute Gasteiger partial charge is 0.456 e. The molecule has 1 aromatic heterocycles. The lowest BCUT2D eigenvalue weighted by atomic mass is 10.1. The van der Waals surface area contributed by atoms with E-state index in [2.05, 4.69) is 0 Å². The van der Waals surface area contributed by atoms with Crippen LogP contribution in [-0.2, 0) is 20.0 Å². The number of carbonyl (C=O) groups excluding carboxylic acids is 1. The second kappa shape index (κ2) is 7.86. The Bertz CT molecular complexity index is 1540. The Balaban J connectivity index is 1.64. The van der Waals surface area contributed by atoms with E-state index in [1.165, 1.54) is 24.3 Å². The zero-order valence-electron chi connectivity index (χ0n) is 16.1. The van der Waals surface area contributed by atoms with Gasteiger partial charge in [0.1, 0.15) is 27.0 Å². The molecule has 0 unspecified atom stereocenters. The van der Waals surface area contributed by atoms with Crippen LogP contribution in [0.15, 0.2) is 87.0 Å². The third kappa shape index (κ3) is 4.13. The van der Waals surface area contributed by atoms with Crippen LogP contribution >= 0.6 is 0 Å². The Morgan fingerprint density at radius 1 is 0.875 bits per heavy atom. The first kappa shape index (κ1) is 21.7. The van der Waals surface area contributed by atoms with Crippen molar-refractivity contribution < 1.29 is 30.4 Å². The van der Waals surface area contributed by atoms with Crippen LogP contribution in [0.5, 0.6) is 0 Å². The molecule has 8 nitrogen and oxygen atoms in total. The number of halogens is 1. The van der Waals surface area contributed by atoms with Crippen LogP contribution in [0.25, 0.3) is 22.3 Å². The molecule has 0 spiro atoms. The van der Waals surface area contributed by atoms with Crippen LogP contribution in [-0.4, -0.2) is 22.7 Å². The number of primary sulfonamides is 1. The molecule has 0 aliphatic heterocycles. The van der Waals surface area contributed by atoms with E-state index >= 15 is 0 Å². The van der Waals surface area contributed by atoms with Gasteiger partial charge in [-0.25, -0.2) is 31.1 Å². The fraction of sp³-hybridized carbons (Fsp3) is 0. The first-order valence-corrected chi connectivity index (χ1v) is 12.1. The smallest absolute Gasteiger partial charge is 0.265 e. The fourth-order valence-corrected chi connectivity index (χ4v) is 5.47. The van der Waals surface area contributed by atoms with Crippen molar-refractivity contribution in [3.63, 3.8) is 0 Å². The number of nitrogens with two attached hydrogens (primary N) is 1. The first-order chi connectivity index (χ1) is 15.1. The number of amides is 1. The monoisotopic (exact) mass is 474 g/mol. The van der Waals surface area contributed by atoms with Crippen LogP contribution in [0, 0.1) is 5.82 Å². The van der Waals surface area contributed by atoms with E-state index < -0.39 is 41.6 Å². The Hall–Kier alpha value is -3.54. The minimum atomic E-state index is -4.61. The van der Waals surface area contributed by atoms with Crippen molar-refractivity contribution in [3.8, 4) is 11.3 Å². The zero-order chi connectivity index (χ0) is 23.1. The Morgan fingerprint density at radius 2 is 1.53 bits per heavy atom. The molecular formula is C21H15FN2O6S2. The second-order valence-corrected chi connectivity index (χ2v) is 9.95. The molecule has 1 heterocycles. The number of benzene rings is 3. The number of para-hydroxylation sites is 1. The molecule has 0 saturated heterocycles. The summed E-state index contributed by atoms with van der Waals surface area (Å²) >= 11 is 0. The van der Waals surface area contributed by atoms with Crippen molar-refractivity contribution in [1.29, 1.82) is 0 Å². The van der Waals surface area contributed by atoms with Gasteiger partial charge in [0.25, 0.3) is 15.9 Å². The molecule has 0 atom stereocenters. The molecule has 3 aromatic carbocycles. The highest BCUT2D eigenvalue weighted by atomic mass is 32.2. The predicted molar refractivity (Wildman–Crippen MR) is 114 cm³/mol. The molecule has 3 N–H and O–H groups in total. The van der Waals surface area contributed by atoms with E-state index in [-0.39, 0.29) is 16.9 Å². The maximum absolute atomic E-state index is 14.7. The lowest BCUT2D eigenvalue weighted by Crippen LogP contribution is -2.32. The van der Waals surface area contributed by atoms with Gasteiger partial charge in [-0.2, -0.15) is 0 Å². The molecule has 4 rings (SSSR count). The summed E-state index contributed by atoms with van der Waals surface area (Å²) in [5.41, 5.74) is 0.350. The van der Waals surface area contributed by atoms with Crippen molar-refractivity contribution >= 4 is 36.9 Å². The van der Waals surface area contributed by atoms with Gasteiger partial charge < -0.3 is 4.42 Å². The van der Waals surface area contributed by atoms with E-state index in [4.69, 9.17) is 9.56 Å². The molecule has 0 saturated carbocycles. The molecule has 4 aromatic rings. The zero-order valence-corrected chi connectivity index (χ0v) is 17.8. The standard InChI is InChI=1S/C21H15FN2O6S2/c22-16-11-14(9-10-15(16)18-12-13-5-1-2-6-17(13)30-18)21(25)24-32(28,29)20-8-4-3-7-19(20)31(23,26)27/h1-12H,(H,24,25)(H2,23,26,27). The Kier molecular flexibility index (Phi) is 5.33. The van der Waals surface area contributed by atoms with E-state index in [0.717, 1.165) is 23.6 Å². The van der Waals surface area contributed by atoms with E-state index in [1.54, 1.807) is 35.1 Å².